The SMILES string of the molecule is NC(=O)C1=CNC(Cc2ccc3c(c2)CCN(C2CCC2)CC3)(N2CCCC2)N=C1. The predicted octanol–water partition coefficient (Wildman–Crippen LogP) is 1.98. The fourth-order valence-corrected chi connectivity index (χ4v) is 5.35. The molecule has 4 aliphatic rings. The van der Waals surface area contributed by atoms with Crippen LogP contribution < -0.4 is 11.1 Å². The Balaban J connectivity index is 1.35. The zero-order valence-electron chi connectivity index (χ0n) is 17.8. The third-order valence-corrected chi connectivity index (χ3v) is 7.44. The predicted molar refractivity (Wildman–Crippen MR) is 119 cm³/mol. The molecule has 1 aromatic rings. The molecule has 2 fully saturated rings. The minimum absolute atomic E-state index is 0.433. The van der Waals surface area contributed by atoms with Gasteiger partial charge >= 0.3 is 0 Å². The molecule has 0 bridgehead atoms. The van der Waals surface area contributed by atoms with Crippen LogP contribution in [0.5, 0.6) is 0 Å². The maximum Gasteiger partial charge on any atom is 0.251 e. The van der Waals surface area contributed by atoms with Crippen molar-refractivity contribution in [3.63, 3.8) is 0 Å². The summed E-state index contributed by atoms with van der Waals surface area (Å²) in [6.45, 7) is 4.41. The van der Waals surface area contributed by atoms with Gasteiger partial charge in [-0.25, -0.2) is 4.99 Å². The van der Waals surface area contributed by atoms with Crippen LogP contribution in [-0.4, -0.2) is 59.9 Å². The number of fused-ring (bicyclic) bond motifs is 1. The number of hydrogen-bond acceptors (Lipinski definition) is 5. The molecule has 1 aromatic carbocycles. The van der Waals surface area contributed by atoms with E-state index in [9.17, 15) is 4.79 Å². The van der Waals surface area contributed by atoms with Crippen molar-refractivity contribution in [3.8, 4) is 0 Å². The molecule has 1 amide bonds. The van der Waals surface area contributed by atoms with Crippen LogP contribution >= 0.6 is 0 Å². The van der Waals surface area contributed by atoms with Crippen molar-refractivity contribution in [2.45, 2.75) is 63.2 Å². The molecule has 1 unspecified atom stereocenters. The quantitative estimate of drug-likeness (QED) is 0.783. The Kier molecular flexibility index (Phi) is 5.37. The molecule has 0 aromatic heterocycles. The van der Waals surface area contributed by atoms with Crippen molar-refractivity contribution in [2.75, 3.05) is 26.2 Å². The summed E-state index contributed by atoms with van der Waals surface area (Å²) >= 11 is 0. The van der Waals surface area contributed by atoms with E-state index in [0.717, 1.165) is 38.4 Å². The molecular formula is C24H33N5O. The van der Waals surface area contributed by atoms with Gasteiger partial charge in [0.05, 0.1) is 5.57 Å². The van der Waals surface area contributed by atoms with Crippen molar-refractivity contribution >= 4 is 12.1 Å². The van der Waals surface area contributed by atoms with Gasteiger partial charge in [0.25, 0.3) is 5.91 Å². The lowest BCUT2D eigenvalue weighted by Crippen LogP contribution is -2.58. The number of primary amides is 1. The van der Waals surface area contributed by atoms with E-state index in [4.69, 9.17) is 10.7 Å². The van der Waals surface area contributed by atoms with E-state index in [1.165, 1.54) is 61.9 Å². The number of benzene rings is 1. The van der Waals surface area contributed by atoms with Crippen LogP contribution in [0.4, 0.5) is 0 Å². The first kappa shape index (κ1) is 19.8. The van der Waals surface area contributed by atoms with Gasteiger partial charge in [-0.2, -0.15) is 0 Å². The first-order valence-corrected chi connectivity index (χ1v) is 11.6. The fourth-order valence-electron chi connectivity index (χ4n) is 5.35. The number of carbonyl (C=O) groups excluding carboxylic acids is 1. The number of carbonyl (C=O) groups is 1. The molecule has 0 spiro atoms. The number of amides is 1. The number of nitrogens with zero attached hydrogens (tertiary/aromatic N) is 3. The number of nitrogens with two attached hydrogens (primary N) is 1. The summed E-state index contributed by atoms with van der Waals surface area (Å²) in [5.74, 6) is -0.964. The zero-order valence-corrected chi connectivity index (χ0v) is 17.8. The number of nitrogens with one attached hydrogen (secondary N) is 1. The van der Waals surface area contributed by atoms with E-state index >= 15 is 0 Å². The Morgan fingerprint density at radius 3 is 2.50 bits per heavy atom. The van der Waals surface area contributed by atoms with E-state index in [-0.39, 0.29) is 0 Å². The molecule has 30 heavy (non-hydrogen) atoms. The highest BCUT2D eigenvalue weighted by molar-refractivity contribution is 6.11. The third-order valence-electron chi connectivity index (χ3n) is 7.44. The largest absolute Gasteiger partial charge is 0.366 e. The van der Waals surface area contributed by atoms with Gasteiger partial charge in [-0.3, -0.25) is 14.6 Å². The van der Waals surface area contributed by atoms with Crippen LogP contribution in [0, 0.1) is 0 Å². The summed E-state index contributed by atoms with van der Waals surface area (Å²) < 4.78 is 0. The van der Waals surface area contributed by atoms with Crippen LogP contribution in [0.25, 0.3) is 0 Å². The van der Waals surface area contributed by atoms with Gasteiger partial charge in [0, 0.05) is 51.1 Å². The Hall–Kier alpha value is -2.18. The van der Waals surface area contributed by atoms with Crippen molar-refractivity contribution < 1.29 is 4.79 Å². The summed E-state index contributed by atoms with van der Waals surface area (Å²) in [5, 5.41) is 3.44. The molecular weight excluding hydrogens is 374 g/mol. The maximum absolute atomic E-state index is 11.5. The molecule has 3 N–H and O–H groups in total. The topological polar surface area (TPSA) is 74.0 Å². The molecule has 1 saturated heterocycles. The van der Waals surface area contributed by atoms with Crippen LogP contribution in [-0.2, 0) is 24.1 Å². The average Bonchev–Trinajstić information content (AvgIpc) is 3.18. The molecule has 3 aliphatic heterocycles. The van der Waals surface area contributed by atoms with Gasteiger partial charge in [-0.15, -0.1) is 0 Å². The van der Waals surface area contributed by atoms with Crippen LogP contribution in [0.3, 0.4) is 0 Å². The second-order valence-electron chi connectivity index (χ2n) is 9.28. The van der Waals surface area contributed by atoms with E-state index in [1.54, 1.807) is 12.4 Å². The Bertz CT molecular complexity index is 868. The van der Waals surface area contributed by atoms with Crippen LogP contribution in [0.15, 0.2) is 35.0 Å². The summed E-state index contributed by atoms with van der Waals surface area (Å²) in [7, 11) is 0. The fraction of sp³-hybridized carbons (Fsp3) is 0.583. The van der Waals surface area contributed by atoms with Gasteiger partial charge in [0.15, 0.2) is 5.79 Å². The summed E-state index contributed by atoms with van der Waals surface area (Å²) in [4.78, 5) is 21.5. The molecule has 1 aliphatic carbocycles. The first-order valence-electron chi connectivity index (χ1n) is 11.6. The molecule has 1 atom stereocenters. The average molecular weight is 408 g/mol. The Labute approximate surface area is 179 Å². The van der Waals surface area contributed by atoms with E-state index in [2.05, 4.69) is 33.3 Å². The highest BCUT2D eigenvalue weighted by Gasteiger charge is 2.39. The van der Waals surface area contributed by atoms with Crippen LogP contribution in [0.1, 0.15) is 48.8 Å². The number of hydrogen-bond donors (Lipinski definition) is 2. The van der Waals surface area contributed by atoms with E-state index in [0.29, 0.717) is 5.57 Å². The highest BCUT2D eigenvalue weighted by Crippen LogP contribution is 2.30. The number of aliphatic imine (C=N–C) groups is 1. The highest BCUT2D eigenvalue weighted by atomic mass is 16.1. The summed E-state index contributed by atoms with van der Waals surface area (Å²) in [5.41, 5.74) is 10.2. The second-order valence-corrected chi connectivity index (χ2v) is 9.28. The standard InChI is InChI=1S/C24H33N5O/c25-23(30)21-16-26-24(27-17-21,29-10-1-2-11-29)15-18-6-7-19-8-12-28(22-4-3-5-22)13-9-20(19)14-18/h6-7,14,16-17,22,26H,1-5,8-13,15H2,(H2,25,30). The van der Waals surface area contributed by atoms with Gasteiger partial charge in [-0.1, -0.05) is 24.6 Å². The van der Waals surface area contributed by atoms with Crippen molar-refractivity contribution in [3.05, 3.63) is 46.7 Å². The molecule has 3 heterocycles. The van der Waals surface area contributed by atoms with Gasteiger partial charge in [0.1, 0.15) is 0 Å². The Morgan fingerprint density at radius 2 is 1.87 bits per heavy atom. The van der Waals surface area contributed by atoms with E-state index in [1.807, 2.05) is 0 Å². The molecule has 5 rings (SSSR count). The van der Waals surface area contributed by atoms with E-state index < -0.39 is 11.7 Å². The summed E-state index contributed by atoms with van der Waals surface area (Å²) in [6, 6.07) is 7.84. The number of rotatable bonds is 5. The minimum atomic E-state index is -0.521. The second kappa shape index (κ2) is 8.16. The van der Waals surface area contributed by atoms with Crippen molar-refractivity contribution in [1.82, 2.24) is 15.1 Å². The molecule has 160 valence electrons. The molecule has 0 radical (unpaired) electrons. The van der Waals surface area contributed by atoms with Gasteiger partial charge < -0.3 is 11.1 Å². The minimum Gasteiger partial charge on any atom is -0.366 e. The lowest BCUT2D eigenvalue weighted by Gasteiger charge is -2.40. The summed E-state index contributed by atoms with van der Waals surface area (Å²) in [6.07, 6.45) is 13.0. The lowest BCUT2D eigenvalue weighted by molar-refractivity contribution is -0.114. The lowest BCUT2D eigenvalue weighted by atomic mass is 9.91. The smallest absolute Gasteiger partial charge is 0.251 e. The first-order chi connectivity index (χ1) is 14.6. The maximum atomic E-state index is 11.5. The van der Waals surface area contributed by atoms with Crippen molar-refractivity contribution in [1.29, 1.82) is 0 Å². The van der Waals surface area contributed by atoms with Gasteiger partial charge in [-0.05, 0) is 55.2 Å². The zero-order chi connectivity index (χ0) is 20.6. The van der Waals surface area contributed by atoms with Crippen molar-refractivity contribution in [2.24, 2.45) is 10.7 Å². The number of likely N-dealkylation sites (tertiary alicyclic amines) is 1. The third kappa shape index (κ3) is 3.79. The monoisotopic (exact) mass is 407 g/mol. The molecule has 1 saturated carbocycles. The Morgan fingerprint density at radius 1 is 1.10 bits per heavy atom. The van der Waals surface area contributed by atoms with Crippen LogP contribution in [0.2, 0.25) is 0 Å². The van der Waals surface area contributed by atoms with Gasteiger partial charge in [0.2, 0.25) is 0 Å². The molecule has 6 nitrogen and oxygen atoms in total. The molecule has 6 heteroatoms. The normalized spacial score (nSPS) is 27.7.